The van der Waals surface area contributed by atoms with E-state index in [0.29, 0.717) is 11.5 Å². The first kappa shape index (κ1) is 23.9. The molecule has 0 saturated carbocycles. The highest BCUT2D eigenvalue weighted by Gasteiger charge is 2.28. The molecule has 0 aliphatic carbocycles. The predicted molar refractivity (Wildman–Crippen MR) is 142 cm³/mol. The molecule has 1 fully saturated rings. The second-order valence-electron chi connectivity index (χ2n) is 9.55. The number of aliphatic imine (C=N–C) groups is 1. The largest absolute Gasteiger partial charge is 0.497 e. The number of amides is 1. The minimum absolute atomic E-state index is 0.0380. The standard InChI is InChI=1S/C29H32N4O3/c1-19(2)30-28(34)18-33-20(3)25-16-21(27-12-10-24(36-27)17-32-13-6-14-32)9-11-26(25)31-29(33)22-7-5-8-23(15-22)35-4/h5,7-12,15-16,19H,3,6,13-14,17-18H2,1-2,4H3,(H,30,34). The second-order valence-corrected chi connectivity index (χ2v) is 9.55. The summed E-state index contributed by atoms with van der Waals surface area (Å²) in [6.45, 7) is 11.5. The van der Waals surface area contributed by atoms with Crippen molar-refractivity contribution >= 4 is 23.1 Å². The lowest BCUT2D eigenvalue weighted by atomic mass is 10.0. The zero-order valence-corrected chi connectivity index (χ0v) is 21.1. The monoisotopic (exact) mass is 484 g/mol. The van der Waals surface area contributed by atoms with E-state index in [1.807, 2.05) is 73.3 Å². The lowest BCUT2D eigenvalue weighted by Gasteiger charge is -2.32. The Bertz CT molecular complexity index is 1320. The van der Waals surface area contributed by atoms with Crippen LogP contribution >= 0.6 is 0 Å². The molecule has 0 atom stereocenters. The van der Waals surface area contributed by atoms with Gasteiger partial charge in [-0.25, -0.2) is 4.99 Å². The number of amidine groups is 1. The van der Waals surface area contributed by atoms with Crippen LogP contribution in [0.2, 0.25) is 0 Å². The maximum absolute atomic E-state index is 12.8. The van der Waals surface area contributed by atoms with Crippen LogP contribution in [0.5, 0.6) is 5.75 Å². The van der Waals surface area contributed by atoms with E-state index in [0.717, 1.165) is 59.3 Å². The number of rotatable bonds is 8. The quantitative estimate of drug-likeness (QED) is 0.485. The van der Waals surface area contributed by atoms with Crippen molar-refractivity contribution in [3.05, 3.63) is 78.1 Å². The first-order valence-corrected chi connectivity index (χ1v) is 12.4. The Labute approximate surface area is 212 Å². The number of benzene rings is 2. The van der Waals surface area contributed by atoms with Gasteiger partial charge in [0.2, 0.25) is 5.91 Å². The van der Waals surface area contributed by atoms with Crippen LogP contribution in [0.1, 0.15) is 37.2 Å². The second kappa shape index (κ2) is 10.0. The van der Waals surface area contributed by atoms with E-state index in [1.165, 1.54) is 6.42 Å². The van der Waals surface area contributed by atoms with E-state index in [2.05, 4.69) is 16.8 Å². The summed E-state index contributed by atoms with van der Waals surface area (Å²) >= 11 is 0. The van der Waals surface area contributed by atoms with Crippen molar-refractivity contribution in [2.24, 2.45) is 4.99 Å². The van der Waals surface area contributed by atoms with Gasteiger partial charge in [0.25, 0.3) is 0 Å². The number of furan rings is 1. The van der Waals surface area contributed by atoms with Crippen molar-refractivity contribution in [1.82, 2.24) is 15.1 Å². The van der Waals surface area contributed by atoms with E-state index >= 15 is 0 Å². The molecule has 0 radical (unpaired) electrons. The van der Waals surface area contributed by atoms with E-state index in [4.69, 9.17) is 14.1 Å². The summed E-state index contributed by atoms with van der Waals surface area (Å²) in [5, 5.41) is 2.97. The van der Waals surface area contributed by atoms with E-state index in [9.17, 15) is 4.79 Å². The molecule has 36 heavy (non-hydrogen) atoms. The van der Waals surface area contributed by atoms with E-state index < -0.39 is 0 Å². The molecule has 0 unspecified atom stereocenters. The Hall–Kier alpha value is -3.84. The number of carbonyl (C=O) groups excluding carboxylic acids is 1. The zero-order valence-electron chi connectivity index (χ0n) is 21.1. The van der Waals surface area contributed by atoms with Crippen LogP contribution in [0.4, 0.5) is 5.69 Å². The number of nitrogens with zero attached hydrogens (tertiary/aromatic N) is 3. The van der Waals surface area contributed by atoms with Crippen LogP contribution in [-0.4, -0.2) is 54.3 Å². The molecule has 3 aromatic rings. The fraction of sp³-hybridized carbons (Fsp3) is 0.310. The van der Waals surface area contributed by atoms with Crippen molar-refractivity contribution in [3.8, 4) is 17.1 Å². The van der Waals surface area contributed by atoms with Crippen molar-refractivity contribution in [3.63, 3.8) is 0 Å². The molecule has 2 aromatic carbocycles. The summed E-state index contributed by atoms with van der Waals surface area (Å²) in [6, 6.07) is 17.8. The molecular weight excluding hydrogens is 452 g/mol. The highest BCUT2D eigenvalue weighted by molar-refractivity contribution is 6.09. The lowest BCUT2D eigenvalue weighted by Crippen LogP contribution is -2.42. The number of ether oxygens (including phenoxy) is 1. The Morgan fingerprint density at radius 3 is 2.69 bits per heavy atom. The summed E-state index contributed by atoms with van der Waals surface area (Å²) in [4.78, 5) is 22.0. The highest BCUT2D eigenvalue weighted by atomic mass is 16.5. The molecule has 3 heterocycles. The first-order chi connectivity index (χ1) is 17.4. The van der Waals surface area contributed by atoms with Crippen LogP contribution in [0, 0.1) is 0 Å². The third-order valence-corrected chi connectivity index (χ3v) is 6.47. The van der Waals surface area contributed by atoms with E-state index in [1.54, 1.807) is 7.11 Å². The SMILES string of the molecule is C=C1c2cc(-c3ccc(CN4CCC4)o3)ccc2N=C(c2cccc(OC)c2)N1CC(=O)NC(C)C. The molecule has 1 saturated heterocycles. The van der Waals surface area contributed by atoms with Crippen molar-refractivity contribution in [2.45, 2.75) is 32.9 Å². The number of likely N-dealkylation sites (tertiary alicyclic amines) is 1. The summed E-state index contributed by atoms with van der Waals surface area (Å²) < 4.78 is 11.6. The van der Waals surface area contributed by atoms with Crippen LogP contribution in [0.25, 0.3) is 17.0 Å². The molecule has 7 nitrogen and oxygen atoms in total. The van der Waals surface area contributed by atoms with Crippen molar-refractivity contribution in [1.29, 1.82) is 0 Å². The Morgan fingerprint density at radius 2 is 1.97 bits per heavy atom. The van der Waals surface area contributed by atoms with Gasteiger partial charge >= 0.3 is 0 Å². The summed E-state index contributed by atoms with van der Waals surface area (Å²) in [5.41, 5.74) is 4.19. The van der Waals surface area contributed by atoms with Gasteiger partial charge in [0.1, 0.15) is 29.7 Å². The Morgan fingerprint density at radius 1 is 1.14 bits per heavy atom. The molecule has 1 N–H and O–H groups in total. The maximum atomic E-state index is 12.8. The van der Waals surface area contributed by atoms with Gasteiger partial charge in [-0.3, -0.25) is 9.69 Å². The lowest BCUT2D eigenvalue weighted by molar-refractivity contribution is -0.121. The average Bonchev–Trinajstić information content (AvgIpc) is 3.31. The number of fused-ring (bicyclic) bond motifs is 1. The zero-order chi connectivity index (χ0) is 25.2. The number of nitrogens with one attached hydrogen (secondary N) is 1. The van der Waals surface area contributed by atoms with Gasteiger partial charge in [0, 0.05) is 28.4 Å². The fourth-order valence-corrected chi connectivity index (χ4v) is 4.51. The Kier molecular flexibility index (Phi) is 6.65. The Balaban J connectivity index is 1.50. The number of carbonyl (C=O) groups is 1. The van der Waals surface area contributed by atoms with Gasteiger partial charge in [-0.15, -0.1) is 0 Å². The molecule has 0 bridgehead atoms. The predicted octanol–water partition coefficient (Wildman–Crippen LogP) is 5.05. The van der Waals surface area contributed by atoms with Crippen molar-refractivity contribution < 1.29 is 13.9 Å². The molecule has 7 heteroatoms. The van der Waals surface area contributed by atoms with Gasteiger partial charge in [-0.1, -0.05) is 18.7 Å². The normalized spacial score (nSPS) is 15.4. The summed E-state index contributed by atoms with van der Waals surface area (Å²) in [6.07, 6.45) is 1.25. The molecule has 2 aliphatic rings. The van der Waals surface area contributed by atoms with Gasteiger partial charge in [0.15, 0.2) is 0 Å². The van der Waals surface area contributed by atoms with E-state index in [-0.39, 0.29) is 18.5 Å². The molecule has 186 valence electrons. The van der Waals surface area contributed by atoms with Crippen LogP contribution in [0.3, 0.4) is 0 Å². The molecule has 2 aliphatic heterocycles. The third-order valence-electron chi connectivity index (χ3n) is 6.47. The van der Waals surface area contributed by atoms with Crippen LogP contribution in [0.15, 0.2) is 70.6 Å². The smallest absolute Gasteiger partial charge is 0.240 e. The molecular formula is C29H32N4O3. The molecule has 5 rings (SSSR count). The van der Waals surface area contributed by atoms with Gasteiger partial charge < -0.3 is 19.4 Å². The number of hydrogen-bond donors (Lipinski definition) is 1. The minimum atomic E-state index is -0.0944. The van der Waals surface area contributed by atoms with Gasteiger partial charge in [-0.2, -0.15) is 0 Å². The topological polar surface area (TPSA) is 70.3 Å². The highest BCUT2D eigenvalue weighted by Crippen LogP contribution is 2.38. The number of hydrogen-bond acceptors (Lipinski definition) is 6. The van der Waals surface area contributed by atoms with Crippen LogP contribution in [-0.2, 0) is 11.3 Å². The van der Waals surface area contributed by atoms with Gasteiger partial charge in [-0.05, 0) is 75.8 Å². The third kappa shape index (κ3) is 4.93. The molecule has 1 aromatic heterocycles. The summed E-state index contributed by atoms with van der Waals surface area (Å²) in [7, 11) is 1.63. The minimum Gasteiger partial charge on any atom is -0.497 e. The molecule has 1 amide bonds. The average molecular weight is 485 g/mol. The van der Waals surface area contributed by atoms with Gasteiger partial charge in [0.05, 0.1) is 19.3 Å². The summed E-state index contributed by atoms with van der Waals surface area (Å²) in [5.74, 6) is 3.07. The molecule has 0 spiro atoms. The van der Waals surface area contributed by atoms with Crippen LogP contribution < -0.4 is 10.1 Å². The van der Waals surface area contributed by atoms with Crippen molar-refractivity contribution in [2.75, 3.05) is 26.7 Å². The maximum Gasteiger partial charge on any atom is 0.240 e. The number of methoxy groups -OCH3 is 1. The first-order valence-electron chi connectivity index (χ1n) is 12.4. The fourth-order valence-electron chi connectivity index (χ4n) is 4.51.